The van der Waals surface area contributed by atoms with Crippen molar-refractivity contribution < 1.29 is 14.3 Å². The van der Waals surface area contributed by atoms with Crippen LogP contribution >= 0.6 is 34.8 Å². The quantitative estimate of drug-likeness (QED) is 0.0739. The van der Waals surface area contributed by atoms with Gasteiger partial charge in [0.2, 0.25) is 0 Å². The number of rotatable bonds is 11. The van der Waals surface area contributed by atoms with Crippen molar-refractivity contribution in [3.63, 3.8) is 0 Å². The molecule has 0 spiro atoms. The molecule has 0 amide bonds. The van der Waals surface area contributed by atoms with Gasteiger partial charge in [-0.15, -0.1) is 11.6 Å². The van der Waals surface area contributed by atoms with Crippen molar-refractivity contribution in [2.75, 3.05) is 0 Å². The third-order valence-electron chi connectivity index (χ3n) is 10.9. The number of benzene rings is 6. The molecule has 0 radical (unpaired) electrons. The zero-order valence-corrected chi connectivity index (χ0v) is 38.3. The van der Waals surface area contributed by atoms with Crippen molar-refractivity contribution in [2.45, 2.75) is 103 Å². The molecule has 314 valence electrons. The van der Waals surface area contributed by atoms with Gasteiger partial charge in [0.15, 0.2) is 5.60 Å². The lowest BCUT2D eigenvalue weighted by Gasteiger charge is -2.36. The number of esters is 1. The van der Waals surface area contributed by atoms with Crippen molar-refractivity contribution in [1.29, 1.82) is 0 Å². The molecule has 0 aromatic heterocycles. The highest BCUT2D eigenvalue weighted by molar-refractivity contribution is 6.35. The number of carbonyl (C=O) groups is 1. The molecule has 6 heteroatoms. The number of hydrogen-bond acceptors (Lipinski definition) is 3. The largest absolute Gasteiger partial charge is 0.444 e. The Morgan fingerprint density at radius 2 is 0.983 bits per heavy atom. The lowest BCUT2D eigenvalue weighted by Crippen LogP contribution is -2.37. The molecule has 6 aromatic rings. The monoisotopic (exact) mass is 860 g/mol. The first-order valence-electron chi connectivity index (χ1n) is 21.3. The van der Waals surface area contributed by atoms with E-state index in [1.165, 1.54) is 11.1 Å². The van der Waals surface area contributed by atoms with Crippen LogP contribution in [0.4, 0.5) is 0 Å². The molecule has 0 saturated heterocycles. The molecule has 0 bridgehead atoms. The predicted octanol–water partition coefficient (Wildman–Crippen LogP) is 15.2. The van der Waals surface area contributed by atoms with E-state index in [2.05, 4.69) is 83.1 Å². The molecule has 0 heterocycles. The van der Waals surface area contributed by atoms with E-state index in [-0.39, 0.29) is 23.6 Å². The Labute approximate surface area is 374 Å². The summed E-state index contributed by atoms with van der Waals surface area (Å²) in [4.78, 5) is 13.0. The summed E-state index contributed by atoms with van der Waals surface area (Å²) in [6, 6.07) is 52.2. The van der Waals surface area contributed by atoms with Gasteiger partial charge in [0.1, 0.15) is 4.87 Å². The minimum absolute atomic E-state index is 0.0582. The molecule has 3 nitrogen and oxygen atoms in total. The van der Waals surface area contributed by atoms with Gasteiger partial charge in [0.25, 0.3) is 0 Å². The number of aryl methyl sites for hydroxylation is 2. The highest BCUT2D eigenvalue weighted by Crippen LogP contribution is 2.47. The van der Waals surface area contributed by atoms with Crippen molar-refractivity contribution in [3.8, 4) is 0 Å². The smallest absolute Gasteiger partial charge is 0.310 e. The second-order valence-corrected chi connectivity index (χ2v) is 17.3. The van der Waals surface area contributed by atoms with Crippen molar-refractivity contribution in [2.24, 2.45) is 5.92 Å². The average molecular weight is 862 g/mol. The van der Waals surface area contributed by atoms with E-state index >= 15 is 0 Å². The fourth-order valence-corrected chi connectivity index (χ4v) is 8.91. The summed E-state index contributed by atoms with van der Waals surface area (Å²) in [5.41, 5.74) is 6.55. The van der Waals surface area contributed by atoms with Crippen LogP contribution in [0.2, 0.25) is 10.0 Å². The van der Waals surface area contributed by atoms with E-state index in [0.717, 1.165) is 59.1 Å². The number of ether oxygens (including phenoxy) is 2. The van der Waals surface area contributed by atoms with Crippen LogP contribution in [0, 0.1) is 5.92 Å². The van der Waals surface area contributed by atoms with E-state index < -0.39 is 10.5 Å². The van der Waals surface area contributed by atoms with Gasteiger partial charge in [-0.25, -0.2) is 0 Å². The summed E-state index contributed by atoms with van der Waals surface area (Å²) >= 11 is 20.5. The second-order valence-electron chi connectivity index (χ2n) is 15.9. The number of halogens is 3. The number of hydrogen-bond donors (Lipinski definition) is 0. The fraction of sp³-hybridized carbons (Fsp3) is 0.315. The van der Waals surface area contributed by atoms with E-state index in [9.17, 15) is 4.79 Å². The van der Waals surface area contributed by atoms with Crippen molar-refractivity contribution >= 4 is 40.8 Å². The third kappa shape index (κ3) is 10.9. The molecule has 1 saturated carbocycles. The van der Waals surface area contributed by atoms with Crippen LogP contribution in [0.1, 0.15) is 112 Å². The van der Waals surface area contributed by atoms with Crippen LogP contribution in [0.3, 0.4) is 0 Å². The molecule has 6 aromatic carbocycles. The average Bonchev–Trinajstić information content (AvgIpc) is 3.74. The van der Waals surface area contributed by atoms with E-state index in [0.29, 0.717) is 16.5 Å². The Morgan fingerprint density at radius 1 is 0.567 bits per heavy atom. The second kappa shape index (κ2) is 21.4. The van der Waals surface area contributed by atoms with Crippen LogP contribution < -0.4 is 0 Å². The summed E-state index contributed by atoms with van der Waals surface area (Å²) < 4.78 is 12.8. The molecule has 7 rings (SSSR count). The molecule has 0 N–H and O–H groups in total. The van der Waals surface area contributed by atoms with Crippen molar-refractivity contribution in [1.82, 2.24) is 0 Å². The van der Waals surface area contributed by atoms with Gasteiger partial charge >= 0.3 is 5.97 Å². The van der Waals surface area contributed by atoms with Crippen LogP contribution in [-0.2, 0) is 37.6 Å². The zero-order valence-electron chi connectivity index (χ0n) is 36.1. The van der Waals surface area contributed by atoms with Gasteiger partial charge in [-0.2, -0.15) is 0 Å². The molecule has 60 heavy (non-hydrogen) atoms. The van der Waals surface area contributed by atoms with E-state index in [1.807, 2.05) is 123 Å². The highest BCUT2D eigenvalue weighted by Gasteiger charge is 2.45. The summed E-state index contributed by atoms with van der Waals surface area (Å²) in [5, 5.41) is 1.23. The Morgan fingerprint density at radius 3 is 1.47 bits per heavy atom. The molecule has 1 aliphatic carbocycles. The van der Waals surface area contributed by atoms with E-state index in [4.69, 9.17) is 44.3 Å². The minimum atomic E-state index is -1.16. The van der Waals surface area contributed by atoms with Crippen LogP contribution in [0.25, 0.3) is 0 Å². The summed E-state index contributed by atoms with van der Waals surface area (Å²) in [6.45, 7) is 14.4. The van der Waals surface area contributed by atoms with Crippen LogP contribution in [0.15, 0.2) is 158 Å². The Kier molecular flexibility index (Phi) is 16.7. The van der Waals surface area contributed by atoms with Crippen LogP contribution in [0.5, 0.6) is 0 Å². The Balaban J connectivity index is 0.000000236. The maximum atomic E-state index is 13.8. The molecule has 0 aliphatic heterocycles. The molecule has 4 atom stereocenters. The summed E-state index contributed by atoms with van der Waals surface area (Å²) in [5.74, 6) is -0.434. The van der Waals surface area contributed by atoms with Crippen LogP contribution in [-0.4, -0.2) is 17.7 Å². The number of alkyl halides is 1. The summed E-state index contributed by atoms with van der Waals surface area (Å²) in [7, 11) is 0. The third-order valence-corrected chi connectivity index (χ3v) is 12.2. The fourth-order valence-electron chi connectivity index (χ4n) is 7.90. The predicted molar refractivity (Wildman–Crippen MR) is 252 cm³/mol. The molecular formula is C54H59Cl3O3. The maximum absolute atomic E-state index is 13.8. The lowest BCUT2D eigenvalue weighted by atomic mass is 9.79. The van der Waals surface area contributed by atoms with Gasteiger partial charge in [0, 0.05) is 32.3 Å². The minimum Gasteiger partial charge on any atom is -0.444 e. The first-order chi connectivity index (χ1) is 28.9. The van der Waals surface area contributed by atoms with Gasteiger partial charge in [-0.3, -0.25) is 4.79 Å². The molecule has 2 unspecified atom stereocenters. The number of carbonyl (C=O) groups excluding carboxylic acids is 1. The molecule has 1 aliphatic rings. The lowest BCUT2D eigenvalue weighted by molar-refractivity contribution is -0.159. The normalized spacial score (nSPS) is 16.8. The van der Waals surface area contributed by atoms with Gasteiger partial charge in [0.05, 0.1) is 17.6 Å². The standard InChI is InChI=1S/C31H35ClO3.C21H18Cl2.C2H6/c1-5-22-15-18-25(19-16-22)31(24-11-7-6-8-12-24,27-13-9-10-14-28(27)32)35-29(33)23-17-20-26(21-23)34-30(2,3)4;1-2-16-12-14-18(15-13-16)21(23,17-8-4-3-5-9-17)19-10-6-7-11-20(19)22;1-2/h6-16,18-19,23,26H,5,17,20-21H2,1-4H3;3-15H,2H2,1H3;1-2H3/t23-,26-,31?;;/m0../s1. The zero-order chi connectivity index (χ0) is 43.3. The maximum Gasteiger partial charge on any atom is 0.310 e. The SMILES string of the molecule is CC.CCc1ccc(C(Cl)(c2ccccc2)c2ccccc2Cl)cc1.CCc1ccc(C(OC(=O)[C@H]2CC[C@H](OC(C)(C)C)C2)(c2ccccc2)c2ccccc2Cl)cc1. The Hall–Kier alpha value is -4.38. The first kappa shape index (κ1) is 46.7. The van der Waals surface area contributed by atoms with Gasteiger partial charge in [-0.1, -0.05) is 196 Å². The van der Waals surface area contributed by atoms with E-state index in [1.54, 1.807) is 0 Å². The van der Waals surface area contributed by atoms with Gasteiger partial charge in [-0.05, 0) is 87.3 Å². The summed E-state index contributed by atoms with van der Waals surface area (Å²) in [6.07, 6.45) is 4.27. The molecule has 1 fully saturated rings. The highest BCUT2D eigenvalue weighted by atomic mass is 35.5. The van der Waals surface area contributed by atoms with Crippen molar-refractivity contribution in [3.05, 3.63) is 212 Å². The van der Waals surface area contributed by atoms with Gasteiger partial charge < -0.3 is 9.47 Å². The Bertz CT molecular complexity index is 2230. The first-order valence-corrected chi connectivity index (χ1v) is 22.4. The topological polar surface area (TPSA) is 35.5 Å². The molecular weight excluding hydrogens is 803 g/mol.